The summed E-state index contributed by atoms with van der Waals surface area (Å²) in [7, 11) is 0. The number of aryl methyl sites for hydroxylation is 1. The molecule has 32 heavy (non-hydrogen) atoms. The zero-order valence-corrected chi connectivity index (χ0v) is 18.2. The van der Waals surface area contributed by atoms with Gasteiger partial charge in [-0.15, -0.1) is 0 Å². The first-order valence-corrected chi connectivity index (χ1v) is 10.8. The van der Waals surface area contributed by atoms with Gasteiger partial charge in [0.1, 0.15) is 11.6 Å². The van der Waals surface area contributed by atoms with Gasteiger partial charge in [0.25, 0.3) is 0 Å². The maximum atomic E-state index is 13.3. The van der Waals surface area contributed by atoms with Crippen molar-refractivity contribution in [3.63, 3.8) is 0 Å². The minimum absolute atomic E-state index is 0.244. The van der Waals surface area contributed by atoms with Crippen molar-refractivity contribution in [1.29, 1.82) is 0 Å². The summed E-state index contributed by atoms with van der Waals surface area (Å²) in [6.45, 7) is 9.19. The van der Waals surface area contributed by atoms with Crippen molar-refractivity contribution in [3.8, 4) is 0 Å². The summed E-state index contributed by atoms with van der Waals surface area (Å²) in [4.78, 5) is 28.2. The van der Waals surface area contributed by atoms with Gasteiger partial charge in [-0.05, 0) is 25.6 Å². The lowest BCUT2D eigenvalue weighted by Gasteiger charge is -2.37. The molecule has 2 aromatic rings. The maximum absolute atomic E-state index is 13.3. The minimum atomic E-state index is -4.54. The number of para-hydroxylation sites is 1. The highest BCUT2D eigenvalue weighted by Crippen LogP contribution is 2.35. The fraction of sp³-hybridized carbons (Fsp3) is 0.500. The SMILES string of the molecule is CCN1CCN(c2nc(C)nc3c2CN(C(=O)Nc2ccccc2C(F)(F)F)CC3)CC1. The lowest BCUT2D eigenvalue weighted by molar-refractivity contribution is -0.136. The van der Waals surface area contributed by atoms with E-state index >= 15 is 0 Å². The summed E-state index contributed by atoms with van der Waals surface area (Å²) in [5.41, 5.74) is 0.683. The van der Waals surface area contributed by atoms with Crippen LogP contribution in [0.1, 0.15) is 29.6 Å². The largest absolute Gasteiger partial charge is 0.418 e. The fourth-order valence-electron chi connectivity index (χ4n) is 4.26. The third-order valence-corrected chi connectivity index (χ3v) is 6.03. The summed E-state index contributed by atoms with van der Waals surface area (Å²) < 4.78 is 39.9. The van der Waals surface area contributed by atoms with Gasteiger partial charge in [0.05, 0.1) is 23.5 Å². The van der Waals surface area contributed by atoms with Crippen molar-refractivity contribution in [2.75, 3.05) is 49.5 Å². The van der Waals surface area contributed by atoms with E-state index in [2.05, 4.69) is 32.0 Å². The summed E-state index contributed by atoms with van der Waals surface area (Å²) in [6.07, 6.45) is -4.01. The molecular formula is C22H27F3N6O. The third-order valence-electron chi connectivity index (χ3n) is 6.03. The molecule has 7 nitrogen and oxygen atoms in total. The van der Waals surface area contributed by atoms with Crippen LogP contribution in [0.25, 0.3) is 0 Å². The van der Waals surface area contributed by atoms with E-state index in [4.69, 9.17) is 0 Å². The molecule has 1 aromatic heterocycles. The van der Waals surface area contributed by atoms with E-state index < -0.39 is 17.8 Å². The molecule has 3 heterocycles. The molecule has 0 bridgehead atoms. The molecule has 1 fully saturated rings. The molecular weight excluding hydrogens is 421 g/mol. The first-order chi connectivity index (χ1) is 15.3. The van der Waals surface area contributed by atoms with Gasteiger partial charge in [-0.3, -0.25) is 0 Å². The van der Waals surface area contributed by atoms with Gasteiger partial charge >= 0.3 is 12.2 Å². The molecule has 1 saturated heterocycles. The number of fused-ring (bicyclic) bond motifs is 1. The molecule has 2 aliphatic heterocycles. The van der Waals surface area contributed by atoms with Crippen LogP contribution in [-0.4, -0.2) is 65.1 Å². The quantitative estimate of drug-likeness (QED) is 0.778. The zero-order chi connectivity index (χ0) is 22.9. The number of carbonyl (C=O) groups excluding carboxylic acids is 1. The topological polar surface area (TPSA) is 64.6 Å². The Hall–Kier alpha value is -2.88. The van der Waals surface area contributed by atoms with Crippen LogP contribution in [0.4, 0.5) is 29.5 Å². The van der Waals surface area contributed by atoms with E-state index in [1.165, 1.54) is 23.1 Å². The Morgan fingerprint density at radius 3 is 2.50 bits per heavy atom. The number of nitrogens with one attached hydrogen (secondary N) is 1. The Bertz CT molecular complexity index is 988. The Morgan fingerprint density at radius 1 is 1.09 bits per heavy atom. The predicted molar refractivity (Wildman–Crippen MR) is 116 cm³/mol. The van der Waals surface area contributed by atoms with Gasteiger partial charge in [-0.25, -0.2) is 14.8 Å². The number of halogens is 3. The van der Waals surface area contributed by atoms with Crippen LogP contribution in [0.2, 0.25) is 0 Å². The van der Waals surface area contributed by atoms with Crippen LogP contribution in [-0.2, 0) is 19.1 Å². The number of aromatic nitrogens is 2. The summed E-state index contributed by atoms with van der Waals surface area (Å²) in [5.74, 6) is 1.52. The average Bonchev–Trinajstić information content (AvgIpc) is 2.78. The number of carbonyl (C=O) groups is 1. The molecule has 0 spiro atoms. The number of benzene rings is 1. The van der Waals surface area contributed by atoms with E-state index in [-0.39, 0.29) is 12.2 Å². The van der Waals surface area contributed by atoms with Crippen LogP contribution >= 0.6 is 0 Å². The van der Waals surface area contributed by atoms with Crippen molar-refractivity contribution < 1.29 is 18.0 Å². The Labute approximate surface area is 185 Å². The number of rotatable bonds is 3. The van der Waals surface area contributed by atoms with Crippen LogP contribution in [0.15, 0.2) is 24.3 Å². The highest BCUT2D eigenvalue weighted by molar-refractivity contribution is 5.90. The molecule has 0 atom stereocenters. The molecule has 0 saturated carbocycles. The van der Waals surface area contributed by atoms with Crippen molar-refractivity contribution in [1.82, 2.24) is 19.8 Å². The average molecular weight is 448 g/mol. The molecule has 0 unspecified atom stereocenters. The van der Waals surface area contributed by atoms with Gasteiger partial charge in [0.2, 0.25) is 0 Å². The number of hydrogen-bond donors (Lipinski definition) is 1. The molecule has 0 aliphatic carbocycles. The smallest absolute Gasteiger partial charge is 0.354 e. The van der Waals surface area contributed by atoms with E-state index in [0.717, 1.165) is 55.9 Å². The first kappa shape index (κ1) is 22.3. The first-order valence-electron chi connectivity index (χ1n) is 10.8. The van der Waals surface area contributed by atoms with Crippen molar-refractivity contribution in [3.05, 3.63) is 46.9 Å². The van der Waals surface area contributed by atoms with Crippen molar-refractivity contribution >= 4 is 17.5 Å². The van der Waals surface area contributed by atoms with Gasteiger partial charge in [-0.2, -0.15) is 13.2 Å². The normalized spacial score (nSPS) is 17.3. The Balaban J connectivity index is 1.54. The summed E-state index contributed by atoms with van der Waals surface area (Å²) in [6, 6.07) is 4.45. The van der Waals surface area contributed by atoms with Gasteiger partial charge in [-0.1, -0.05) is 19.1 Å². The van der Waals surface area contributed by atoms with Gasteiger partial charge in [0, 0.05) is 44.7 Å². The monoisotopic (exact) mass is 448 g/mol. The van der Waals surface area contributed by atoms with Crippen molar-refractivity contribution in [2.24, 2.45) is 0 Å². The molecule has 0 radical (unpaired) electrons. The molecule has 1 N–H and O–H groups in total. The number of urea groups is 1. The zero-order valence-electron chi connectivity index (χ0n) is 18.2. The predicted octanol–water partition coefficient (Wildman–Crippen LogP) is 3.54. The minimum Gasteiger partial charge on any atom is -0.354 e. The highest BCUT2D eigenvalue weighted by Gasteiger charge is 2.34. The number of alkyl halides is 3. The molecule has 10 heteroatoms. The molecule has 2 aliphatic rings. The number of amides is 2. The molecule has 1 aromatic carbocycles. The molecule has 4 rings (SSSR count). The molecule has 2 amide bonds. The van der Waals surface area contributed by atoms with E-state index in [1.54, 1.807) is 0 Å². The lowest BCUT2D eigenvalue weighted by atomic mass is 10.1. The second-order valence-corrected chi connectivity index (χ2v) is 8.09. The van der Waals surface area contributed by atoms with E-state index in [9.17, 15) is 18.0 Å². The van der Waals surface area contributed by atoms with Gasteiger partial charge in [0.15, 0.2) is 0 Å². The van der Waals surface area contributed by atoms with E-state index in [0.29, 0.717) is 18.8 Å². The number of piperazine rings is 1. The number of nitrogens with zero attached hydrogens (tertiary/aromatic N) is 5. The second kappa shape index (κ2) is 8.93. The van der Waals surface area contributed by atoms with Crippen LogP contribution < -0.4 is 10.2 Å². The highest BCUT2D eigenvalue weighted by atomic mass is 19.4. The molecule has 172 valence electrons. The van der Waals surface area contributed by atoms with E-state index in [1.807, 2.05) is 6.92 Å². The van der Waals surface area contributed by atoms with Crippen LogP contribution in [0.3, 0.4) is 0 Å². The lowest BCUT2D eigenvalue weighted by Crippen LogP contribution is -2.47. The second-order valence-electron chi connectivity index (χ2n) is 8.09. The van der Waals surface area contributed by atoms with Crippen molar-refractivity contribution in [2.45, 2.75) is 33.0 Å². The fourth-order valence-corrected chi connectivity index (χ4v) is 4.26. The number of likely N-dealkylation sites (N-methyl/N-ethyl adjacent to an activating group) is 1. The Morgan fingerprint density at radius 2 is 1.81 bits per heavy atom. The standard InChI is InChI=1S/C22H27F3N6O/c1-3-29-10-12-30(13-11-29)20-16-14-31(9-8-18(16)26-15(2)27-20)21(32)28-19-7-5-4-6-17(19)22(23,24)25/h4-7H,3,8-14H2,1-2H3,(H,28,32). The summed E-state index contributed by atoms with van der Waals surface area (Å²) >= 11 is 0. The van der Waals surface area contributed by atoms with Gasteiger partial charge < -0.3 is 20.0 Å². The maximum Gasteiger partial charge on any atom is 0.418 e. The van der Waals surface area contributed by atoms with Crippen LogP contribution in [0.5, 0.6) is 0 Å². The third kappa shape index (κ3) is 4.64. The van der Waals surface area contributed by atoms with Crippen LogP contribution in [0, 0.1) is 6.92 Å². The Kier molecular flexibility index (Phi) is 6.23. The summed E-state index contributed by atoms with van der Waals surface area (Å²) in [5, 5.41) is 2.45. The number of anilines is 2. The number of hydrogen-bond acceptors (Lipinski definition) is 5.